The first-order chi connectivity index (χ1) is 12.5. The van der Waals surface area contributed by atoms with Gasteiger partial charge in [0, 0.05) is 13.2 Å². The maximum atomic E-state index is 9.13. The zero-order chi connectivity index (χ0) is 22.3. The summed E-state index contributed by atoms with van der Waals surface area (Å²) in [7, 11) is -11.4. The highest BCUT2D eigenvalue weighted by molar-refractivity contribution is 6.92. The third-order valence-corrected chi connectivity index (χ3v) is 23.6. The summed E-state index contributed by atoms with van der Waals surface area (Å²) >= 11 is 0. The number of hydrogen-bond donors (Lipinski definition) is 2. The van der Waals surface area contributed by atoms with Crippen molar-refractivity contribution in [3.8, 4) is 0 Å². The predicted octanol–water partition coefficient (Wildman–Crippen LogP) is 4.43. The number of hydrogen-bond acceptors (Lipinski definition) is 6. The lowest BCUT2D eigenvalue weighted by Crippen LogP contribution is -2.59. The Bertz CT molecular complexity index is 449. The predicted molar refractivity (Wildman–Crippen MR) is 129 cm³/mol. The van der Waals surface area contributed by atoms with Crippen LogP contribution in [0.25, 0.3) is 0 Å². The highest BCUT2D eigenvalue weighted by atomic mass is 28.5. The normalized spacial score (nSPS) is 14.4. The van der Waals surface area contributed by atoms with E-state index in [0.717, 1.165) is 24.9 Å². The molecule has 0 aliphatic heterocycles. The van der Waals surface area contributed by atoms with Crippen LogP contribution < -0.4 is 0 Å². The zero-order valence-electron chi connectivity index (χ0n) is 19.6. The minimum atomic E-state index is -2.67. The molecule has 0 radical (unpaired) electrons. The van der Waals surface area contributed by atoms with E-state index in [0.29, 0.717) is 0 Å². The Hall–Kier alpha value is 0.584. The molecule has 0 bridgehead atoms. The summed E-state index contributed by atoms with van der Waals surface area (Å²) in [6.07, 6.45) is 1.52. The van der Waals surface area contributed by atoms with Gasteiger partial charge in [0.1, 0.15) is 0 Å². The molecular weight excluding hydrogens is 441 g/mol. The molecule has 11 heteroatoms. The van der Waals surface area contributed by atoms with Crippen molar-refractivity contribution in [3.05, 3.63) is 12.3 Å². The first-order valence-corrected chi connectivity index (χ1v) is 24.4. The average molecular weight is 485 g/mol. The summed E-state index contributed by atoms with van der Waals surface area (Å²) in [6, 6.07) is 1.81. The smallest absolute Gasteiger partial charge is 0.343 e. The van der Waals surface area contributed by atoms with Crippen LogP contribution in [0.1, 0.15) is 12.8 Å². The topological polar surface area (TPSA) is 77.4 Å². The van der Waals surface area contributed by atoms with Crippen molar-refractivity contribution in [2.24, 2.45) is 0 Å². The highest BCUT2D eigenvalue weighted by Gasteiger charge is 2.46. The van der Waals surface area contributed by atoms with Crippen LogP contribution in [0.4, 0.5) is 0 Å². The Kier molecular flexibility index (Phi) is 11.5. The molecule has 0 fully saturated rings. The van der Waals surface area contributed by atoms with Gasteiger partial charge in [-0.15, -0.1) is 6.58 Å². The lowest BCUT2D eigenvalue weighted by atomic mass is 10.5. The van der Waals surface area contributed by atoms with Gasteiger partial charge in [0.15, 0.2) is 16.6 Å². The first-order valence-electron chi connectivity index (χ1n) is 10.2. The molecule has 0 aromatic rings. The molecule has 0 saturated heterocycles. The van der Waals surface area contributed by atoms with Crippen molar-refractivity contribution in [1.82, 2.24) is 0 Å². The van der Waals surface area contributed by atoms with Crippen LogP contribution in [0.5, 0.6) is 0 Å². The van der Waals surface area contributed by atoms with Crippen molar-refractivity contribution in [2.75, 3.05) is 13.2 Å². The zero-order valence-corrected chi connectivity index (χ0v) is 24.6. The van der Waals surface area contributed by atoms with E-state index in [1.807, 2.05) is 12.2 Å². The molecule has 28 heavy (non-hydrogen) atoms. The van der Waals surface area contributed by atoms with Crippen LogP contribution in [0.2, 0.25) is 71.0 Å². The molecule has 6 nitrogen and oxygen atoms in total. The molecule has 0 aromatic carbocycles. The van der Waals surface area contributed by atoms with Gasteiger partial charge in [-0.05, 0) is 83.9 Å². The van der Waals surface area contributed by atoms with Crippen molar-refractivity contribution < 1.29 is 26.7 Å². The summed E-state index contributed by atoms with van der Waals surface area (Å²) in [4.78, 5) is 0. The van der Waals surface area contributed by atoms with E-state index in [1.54, 1.807) is 0 Å². The maximum absolute atomic E-state index is 9.13. The van der Waals surface area contributed by atoms with Crippen LogP contribution in [-0.2, 0) is 16.5 Å². The molecule has 168 valence electrons. The fourth-order valence-electron chi connectivity index (χ4n) is 3.56. The monoisotopic (exact) mass is 484 g/mol. The average Bonchev–Trinajstić information content (AvgIpc) is 2.47. The van der Waals surface area contributed by atoms with Crippen LogP contribution in [0.15, 0.2) is 12.3 Å². The Labute approximate surface area is 178 Å². The Balaban J connectivity index is 5.15. The quantitative estimate of drug-likeness (QED) is 0.335. The van der Waals surface area contributed by atoms with Gasteiger partial charge in [0.25, 0.3) is 0 Å². The SMILES string of the molecule is C=C[Si](C)(O[Si](C)(C)O[Si](C)(C)CCCO)O[Si](C)(C)O[Si](C)(C)CCCO. The third-order valence-electron chi connectivity index (χ3n) is 4.19. The van der Waals surface area contributed by atoms with Crippen molar-refractivity contribution in [3.63, 3.8) is 0 Å². The van der Waals surface area contributed by atoms with Crippen LogP contribution in [-0.4, -0.2) is 65.7 Å². The van der Waals surface area contributed by atoms with Gasteiger partial charge in [-0.1, -0.05) is 5.70 Å². The van der Waals surface area contributed by atoms with Crippen LogP contribution in [0.3, 0.4) is 0 Å². The molecule has 0 unspecified atom stereocenters. The maximum Gasteiger partial charge on any atom is 0.343 e. The Morgan fingerprint density at radius 2 is 0.964 bits per heavy atom. The van der Waals surface area contributed by atoms with E-state index in [4.69, 9.17) is 26.7 Å². The van der Waals surface area contributed by atoms with Gasteiger partial charge in [0.2, 0.25) is 0 Å². The summed E-state index contributed by atoms with van der Waals surface area (Å²) < 4.78 is 26.1. The lowest BCUT2D eigenvalue weighted by Gasteiger charge is -2.42. The second-order valence-corrected chi connectivity index (χ2v) is 28.9. The van der Waals surface area contributed by atoms with Gasteiger partial charge in [-0.3, -0.25) is 0 Å². The number of rotatable bonds is 15. The standard InChI is InChI=1S/C17H44O6Si5/c1-11-28(10,22-26(6,7)20-24(2,3)16-12-14-18)23-27(8,9)21-25(4,5)17-13-15-19/h11,18-19H,1,12-17H2,2-10H3. The minimum absolute atomic E-state index is 0.192. The second-order valence-electron chi connectivity index (χ2n) is 9.60. The third kappa shape index (κ3) is 12.3. The molecular formula is C17H44O6Si5. The van der Waals surface area contributed by atoms with E-state index in [-0.39, 0.29) is 13.2 Å². The molecule has 0 atom stereocenters. The van der Waals surface area contributed by atoms with E-state index in [9.17, 15) is 0 Å². The van der Waals surface area contributed by atoms with E-state index in [2.05, 4.69) is 59.0 Å². The van der Waals surface area contributed by atoms with Crippen molar-refractivity contribution in [2.45, 2.75) is 83.9 Å². The highest BCUT2D eigenvalue weighted by Crippen LogP contribution is 2.28. The first kappa shape index (κ1) is 28.6. The van der Waals surface area contributed by atoms with Gasteiger partial charge < -0.3 is 26.7 Å². The largest absolute Gasteiger partial charge is 0.436 e. The summed E-state index contributed by atoms with van der Waals surface area (Å²) in [6.45, 7) is 23.3. The second kappa shape index (κ2) is 11.3. The molecule has 2 N–H and O–H groups in total. The van der Waals surface area contributed by atoms with E-state index < -0.39 is 42.3 Å². The number of aliphatic hydroxyl groups is 2. The van der Waals surface area contributed by atoms with Crippen molar-refractivity contribution in [1.29, 1.82) is 0 Å². The van der Waals surface area contributed by atoms with Crippen LogP contribution >= 0.6 is 0 Å². The summed E-state index contributed by atoms with van der Waals surface area (Å²) in [5.74, 6) is 0. The minimum Gasteiger partial charge on any atom is -0.436 e. The lowest BCUT2D eigenvalue weighted by molar-refractivity contribution is 0.284. The Morgan fingerprint density at radius 3 is 1.21 bits per heavy atom. The van der Waals surface area contributed by atoms with Crippen LogP contribution in [0, 0.1) is 0 Å². The van der Waals surface area contributed by atoms with E-state index in [1.165, 1.54) is 0 Å². The molecule has 0 rings (SSSR count). The molecule has 0 aliphatic carbocycles. The molecule has 0 aromatic heterocycles. The van der Waals surface area contributed by atoms with Crippen molar-refractivity contribution >= 4 is 42.3 Å². The van der Waals surface area contributed by atoms with Gasteiger partial charge in [-0.25, -0.2) is 0 Å². The fourth-order valence-corrected chi connectivity index (χ4v) is 27.1. The Morgan fingerprint density at radius 1 is 0.643 bits per heavy atom. The molecule has 0 amide bonds. The van der Waals surface area contributed by atoms with Gasteiger partial charge in [0.05, 0.1) is 0 Å². The number of aliphatic hydroxyl groups excluding tert-OH is 2. The molecule has 0 aliphatic rings. The van der Waals surface area contributed by atoms with E-state index >= 15 is 0 Å². The molecule has 0 spiro atoms. The summed E-state index contributed by atoms with van der Waals surface area (Å²) in [5, 5.41) is 18.3. The summed E-state index contributed by atoms with van der Waals surface area (Å²) in [5.41, 5.74) is 1.83. The van der Waals surface area contributed by atoms with Gasteiger partial charge in [-0.2, -0.15) is 0 Å². The molecule has 0 saturated carbocycles. The van der Waals surface area contributed by atoms with Gasteiger partial charge >= 0.3 is 25.7 Å². The molecule has 0 heterocycles. The fraction of sp³-hybridized carbons (Fsp3) is 0.882.